The van der Waals surface area contributed by atoms with Crippen LogP contribution in [-0.2, 0) is 0 Å². The minimum Gasteiger partial charge on any atom is -0.497 e. The monoisotopic (exact) mass is 285 g/mol. The van der Waals surface area contributed by atoms with Crippen LogP contribution in [0.1, 0.15) is 0 Å². The van der Waals surface area contributed by atoms with Crippen LogP contribution in [0.3, 0.4) is 0 Å². The lowest BCUT2D eigenvalue weighted by Gasteiger charge is -2.09. The van der Waals surface area contributed by atoms with Crippen LogP contribution in [0.4, 0.5) is 11.5 Å². The van der Waals surface area contributed by atoms with Crippen LogP contribution in [0.5, 0.6) is 5.75 Å². The van der Waals surface area contributed by atoms with Crippen molar-refractivity contribution in [2.45, 2.75) is 0 Å². The zero-order valence-electron chi connectivity index (χ0n) is 10.8. The van der Waals surface area contributed by atoms with Crippen LogP contribution >= 0.6 is 11.6 Å². The Morgan fingerprint density at radius 2 is 1.90 bits per heavy atom. The molecule has 3 aromatic rings. The van der Waals surface area contributed by atoms with Crippen LogP contribution in [0.25, 0.3) is 11.0 Å². The lowest BCUT2D eigenvalue weighted by Crippen LogP contribution is -1.96. The van der Waals surface area contributed by atoms with Gasteiger partial charge in [-0.15, -0.1) is 0 Å². The molecule has 0 saturated heterocycles. The molecule has 0 fully saturated rings. The van der Waals surface area contributed by atoms with Gasteiger partial charge in [0, 0.05) is 6.07 Å². The van der Waals surface area contributed by atoms with Crippen molar-refractivity contribution in [2.24, 2.45) is 0 Å². The second kappa shape index (κ2) is 5.35. The first-order valence-corrected chi connectivity index (χ1v) is 6.46. The van der Waals surface area contributed by atoms with E-state index in [2.05, 4.69) is 15.3 Å². The number of nitrogens with zero attached hydrogens (tertiary/aromatic N) is 2. The number of rotatable bonds is 3. The number of hydrogen-bond acceptors (Lipinski definition) is 4. The van der Waals surface area contributed by atoms with Crippen LogP contribution in [0.15, 0.2) is 48.7 Å². The minimum atomic E-state index is 0.598. The Kier molecular flexibility index (Phi) is 3.39. The molecule has 0 aliphatic rings. The highest BCUT2D eigenvalue weighted by molar-refractivity contribution is 6.33. The van der Waals surface area contributed by atoms with Gasteiger partial charge in [-0.2, -0.15) is 0 Å². The highest BCUT2D eigenvalue weighted by Gasteiger charge is 2.05. The molecule has 20 heavy (non-hydrogen) atoms. The van der Waals surface area contributed by atoms with Crippen molar-refractivity contribution >= 4 is 34.1 Å². The van der Waals surface area contributed by atoms with Gasteiger partial charge in [0.2, 0.25) is 0 Å². The van der Waals surface area contributed by atoms with Crippen LogP contribution in [0, 0.1) is 0 Å². The predicted octanol–water partition coefficient (Wildman–Crippen LogP) is 4.04. The molecule has 100 valence electrons. The summed E-state index contributed by atoms with van der Waals surface area (Å²) < 4.78 is 5.18. The van der Waals surface area contributed by atoms with Crippen molar-refractivity contribution in [1.29, 1.82) is 0 Å². The average Bonchev–Trinajstić information content (AvgIpc) is 2.49. The van der Waals surface area contributed by atoms with Crippen molar-refractivity contribution in [3.05, 3.63) is 53.7 Å². The van der Waals surface area contributed by atoms with Gasteiger partial charge in [-0.05, 0) is 24.3 Å². The van der Waals surface area contributed by atoms with E-state index < -0.39 is 0 Å². The van der Waals surface area contributed by atoms with Crippen molar-refractivity contribution in [3.63, 3.8) is 0 Å². The van der Waals surface area contributed by atoms with Crippen molar-refractivity contribution in [3.8, 4) is 5.75 Å². The number of nitrogens with one attached hydrogen (secondary N) is 1. The third kappa shape index (κ3) is 2.51. The molecule has 1 heterocycles. The highest BCUT2D eigenvalue weighted by Crippen LogP contribution is 2.29. The number of hydrogen-bond donors (Lipinski definition) is 1. The molecule has 3 rings (SSSR count). The molecule has 1 N–H and O–H groups in total. The molecule has 5 heteroatoms. The average molecular weight is 286 g/mol. The molecule has 0 aliphatic heterocycles. The van der Waals surface area contributed by atoms with E-state index in [1.807, 2.05) is 30.3 Å². The third-order valence-corrected chi connectivity index (χ3v) is 3.21. The normalized spacial score (nSPS) is 10.5. The maximum absolute atomic E-state index is 6.16. The molecular weight excluding hydrogens is 274 g/mol. The Bertz CT molecular complexity index is 761. The summed E-state index contributed by atoms with van der Waals surface area (Å²) in [5.74, 6) is 1.37. The number of benzene rings is 2. The van der Waals surface area contributed by atoms with Gasteiger partial charge in [0.15, 0.2) is 0 Å². The SMILES string of the molecule is COc1ccc(Cl)c(Nc2cnc3ccccc3n2)c1. The Morgan fingerprint density at radius 1 is 1.10 bits per heavy atom. The Balaban J connectivity index is 1.96. The van der Waals surface area contributed by atoms with Crippen LogP contribution in [-0.4, -0.2) is 17.1 Å². The van der Waals surface area contributed by atoms with Crippen molar-refractivity contribution in [1.82, 2.24) is 9.97 Å². The highest BCUT2D eigenvalue weighted by atomic mass is 35.5. The third-order valence-electron chi connectivity index (χ3n) is 2.88. The van der Waals surface area contributed by atoms with E-state index in [4.69, 9.17) is 16.3 Å². The van der Waals surface area contributed by atoms with Crippen LogP contribution in [0.2, 0.25) is 5.02 Å². The summed E-state index contributed by atoms with van der Waals surface area (Å²) in [4.78, 5) is 8.84. The first-order valence-electron chi connectivity index (χ1n) is 6.08. The minimum absolute atomic E-state index is 0.598. The fraction of sp³-hybridized carbons (Fsp3) is 0.0667. The smallest absolute Gasteiger partial charge is 0.149 e. The lowest BCUT2D eigenvalue weighted by atomic mass is 10.3. The van der Waals surface area contributed by atoms with Crippen molar-refractivity contribution in [2.75, 3.05) is 12.4 Å². The number of ether oxygens (including phenoxy) is 1. The Labute approximate surface area is 121 Å². The molecule has 1 aromatic heterocycles. The van der Waals surface area contributed by atoms with E-state index in [1.165, 1.54) is 0 Å². The number of halogens is 1. The number of para-hydroxylation sites is 2. The van der Waals surface area contributed by atoms with E-state index in [1.54, 1.807) is 25.4 Å². The first-order chi connectivity index (χ1) is 9.76. The molecule has 0 amide bonds. The lowest BCUT2D eigenvalue weighted by molar-refractivity contribution is 0.415. The van der Waals surface area contributed by atoms with Crippen molar-refractivity contribution < 1.29 is 4.74 Å². The summed E-state index contributed by atoms with van der Waals surface area (Å²) in [6.07, 6.45) is 1.68. The molecule has 0 saturated carbocycles. The van der Waals surface area contributed by atoms with E-state index >= 15 is 0 Å². The number of fused-ring (bicyclic) bond motifs is 1. The standard InChI is InChI=1S/C15H12ClN3O/c1-20-10-6-7-11(16)14(8-10)19-15-9-17-12-4-2-3-5-13(12)18-15/h2-9H,1H3,(H,18,19). The summed E-state index contributed by atoms with van der Waals surface area (Å²) in [7, 11) is 1.61. The van der Waals surface area contributed by atoms with Gasteiger partial charge in [0.25, 0.3) is 0 Å². The topological polar surface area (TPSA) is 47.0 Å². The Hall–Kier alpha value is -2.33. The van der Waals surface area contributed by atoms with Gasteiger partial charge >= 0.3 is 0 Å². The maximum Gasteiger partial charge on any atom is 0.149 e. The molecule has 0 radical (unpaired) electrons. The zero-order chi connectivity index (χ0) is 13.9. The molecule has 0 bridgehead atoms. The molecule has 4 nitrogen and oxygen atoms in total. The first kappa shape index (κ1) is 12.7. The van der Waals surface area contributed by atoms with Gasteiger partial charge in [-0.1, -0.05) is 23.7 Å². The Morgan fingerprint density at radius 3 is 2.70 bits per heavy atom. The fourth-order valence-electron chi connectivity index (χ4n) is 1.88. The molecule has 0 atom stereocenters. The maximum atomic E-state index is 6.16. The summed E-state index contributed by atoms with van der Waals surface area (Å²) in [6.45, 7) is 0. The second-order valence-corrected chi connectivity index (χ2v) is 4.62. The summed E-state index contributed by atoms with van der Waals surface area (Å²) in [5.41, 5.74) is 2.42. The summed E-state index contributed by atoms with van der Waals surface area (Å²) in [5, 5.41) is 3.75. The molecular formula is C15H12ClN3O. The number of anilines is 2. The van der Waals surface area contributed by atoms with Gasteiger partial charge in [0.1, 0.15) is 11.6 Å². The van der Waals surface area contributed by atoms with E-state index in [0.29, 0.717) is 10.8 Å². The van der Waals surface area contributed by atoms with E-state index in [9.17, 15) is 0 Å². The molecule has 0 unspecified atom stereocenters. The van der Waals surface area contributed by atoms with Crippen LogP contribution < -0.4 is 10.1 Å². The fourth-order valence-corrected chi connectivity index (χ4v) is 2.05. The largest absolute Gasteiger partial charge is 0.497 e. The van der Waals surface area contributed by atoms with E-state index in [0.717, 1.165) is 22.5 Å². The van der Waals surface area contributed by atoms with Gasteiger partial charge in [-0.3, -0.25) is 4.98 Å². The summed E-state index contributed by atoms with van der Waals surface area (Å²) in [6, 6.07) is 13.1. The number of aromatic nitrogens is 2. The molecule has 0 aliphatic carbocycles. The van der Waals surface area contributed by atoms with E-state index in [-0.39, 0.29) is 0 Å². The van der Waals surface area contributed by atoms with Gasteiger partial charge < -0.3 is 10.1 Å². The second-order valence-electron chi connectivity index (χ2n) is 4.21. The predicted molar refractivity (Wildman–Crippen MR) is 80.8 cm³/mol. The molecule has 0 spiro atoms. The van der Waals surface area contributed by atoms with Gasteiger partial charge in [-0.25, -0.2) is 4.98 Å². The number of methoxy groups -OCH3 is 1. The molecule has 2 aromatic carbocycles. The van der Waals surface area contributed by atoms with Gasteiger partial charge in [0.05, 0.1) is 35.1 Å². The zero-order valence-corrected chi connectivity index (χ0v) is 11.6. The quantitative estimate of drug-likeness (QED) is 0.789. The summed E-state index contributed by atoms with van der Waals surface area (Å²) >= 11 is 6.16.